The molecule has 1 saturated heterocycles. The summed E-state index contributed by atoms with van der Waals surface area (Å²) in [5, 5.41) is 3.46. The summed E-state index contributed by atoms with van der Waals surface area (Å²) in [4.78, 5) is 15.8. The predicted octanol–water partition coefficient (Wildman–Crippen LogP) is 5.26. The van der Waals surface area contributed by atoms with Gasteiger partial charge in [-0.05, 0) is 56.0 Å². The number of hydrogen-bond donors (Lipinski definition) is 4. The number of rotatable bonds is 9. The molecule has 4 rings (SSSR count). The topological polar surface area (TPSA) is 95.4 Å². The van der Waals surface area contributed by atoms with Gasteiger partial charge in [0.2, 0.25) is 0 Å². The van der Waals surface area contributed by atoms with Crippen molar-refractivity contribution in [3.8, 4) is 11.3 Å². The van der Waals surface area contributed by atoms with Crippen molar-refractivity contribution in [3.63, 3.8) is 0 Å². The van der Waals surface area contributed by atoms with Gasteiger partial charge in [0.15, 0.2) is 0 Å². The monoisotopic (exact) mass is 432 g/mol. The molecule has 32 heavy (non-hydrogen) atoms. The maximum absolute atomic E-state index is 5.55. The molecular weight excluding hydrogens is 396 g/mol. The minimum atomic E-state index is 0.373. The van der Waals surface area contributed by atoms with E-state index in [1.807, 2.05) is 38.4 Å². The van der Waals surface area contributed by atoms with E-state index < -0.39 is 0 Å². The zero-order valence-corrected chi connectivity index (χ0v) is 19.3. The second kappa shape index (κ2) is 12.8. The molecule has 1 atom stereocenters. The molecule has 6 nitrogen and oxygen atoms in total. The number of imidazole rings is 2. The van der Waals surface area contributed by atoms with Crippen molar-refractivity contribution in [2.24, 2.45) is 5.73 Å². The quantitative estimate of drug-likeness (QED) is 0.274. The number of aromatic amines is 2. The van der Waals surface area contributed by atoms with E-state index in [1.165, 1.54) is 6.42 Å². The summed E-state index contributed by atoms with van der Waals surface area (Å²) in [6.45, 7) is 5.81. The van der Waals surface area contributed by atoms with Crippen LogP contribution in [0.15, 0.2) is 48.8 Å². The molecule has 0 radical (unpaired) electrons. The maximum atomic E-state index is 5.55. The lowest BCUT2D eigenvalue weighted by Gasteiger charge is -2.04. The number of unbranched alkanes of at least 4 members (excludes halogenated alkanes) is 1. The van der Waals surface area contributed by atoms with Crippen molar-refractivity contribution in [2.45, 2.75) is 52.0 Å². The highest BCUT2D eigenvalue weighted by molar-refractivity contribution is 5.63. The number of aryl methyl sites for hydroxylation is 1. The summed E-state index contributed by atoms with van der Waals surface area (Å²) in [5.74, 6) is 2.06. The minimum absolute atomic E-state index is 0.373. The van der Waals surface area contributed by atoms with Crippen molar-refractivity contribution in [2.75, 3.05) is 13.1 Å². The summed E-state index contributed by atoms with van der Waals surface area (Å²) in [5.41, 5.74) is 9.94. The zero-order chi connectivity index (χ0) is 22.6. The second-order valence-electron chi connectivity index (χ2n) is 7.70. The number of nitrogens with two attached hydrogens (primary N) is 1. The Morgan fingerprint density at radius 1 is 1.00 bits per heavy atom. The number of allylic oxidation sites excluding steroid dienone is 2. The van der Waals surface area contributed by atoms with Gasteiger partial charge in [-0.25, -0.2) is 9.97 Å². The number of hydrogen-bond acceptors (Lipinski definition) is 4. The average Bonchev–Trinajstić information content (AvgIpc) is 3.61. The van der Waals surface area contributed by atoms with Gasteiger partial charge in [0, 0.05) is 6.42 Å². The summed E-state index contributed by atoms with van der Waals surface area (Å²) in [7, 11) is 0. The van der Waals surface area contributed by atoms with E-state index in [2.05, 4.69) is 61.7 Å². The summed E-state index contributed by atoms with van der Waals surface area (Å²) < 4.78 is 0. The highest BCUT2D eigenvalue weighted by Gasteiger charge is 2.18. The molecule has 0 amide bonds. The van der Waals surface area contributed by atoms with Gasteiger partial charge in [0.1, 0.15) is 11.6 Å². The van der Waals surface area contributed by atoms with Crippen LogP contribution >= 0.6 is 0 Å². The van der Waals surface area contributed by atoms with E-state index >= 15 is 0 Å². The van der Waals surface area contributed by atoms with Gasteiger partial charge >= 0.3 is 0 Å². The van der Waals surface area contributed by atoms with E-state index in [9.17, 15) is 0 Å². The Labute approximate surface area is 191 Å². The Morgan fingerprint density at radius 3 is 2.56 bits per heavy atom. The summed E-state index contributed by atoms with van der Waals surface area (Å²) >= 11 is 0. The van der Waals surface area contributed by atoms with Crippen molar-refractivity contribution < 1.29 is 0 Å². The number of nitrogens with one attached hydrogen (secondary N) is 3. The molecule has 1 aromatic carbocycles. The van der Waals surface area contributed by atoms with Gasteiger partial charge in [-0.1, -0.05) is 56.3 Å². The lowest BCUT2D eigenvalue weighted by atomic mass is 10.1. The molecule has 3 aromatic rings. The van der Waals surface area contributed by atoms with Gasteiger partial charge in [0.05, 0.1) is 29.8 Å². The van der Waals surface area contributed by atoms with Crippen LogP contribution in [0.25, 0.3) is 23.4 Å². The average molecular weight is 433 g/mol. The Bertz CT molecular complexity index is 974. The molecule has 0 aliphatic carbocycles. The van der Waals surface area contributed by atoms with Crippen LogP contribution in [0.1, 0.15) is 68.5 Å². The first-order chi connectivity index (χ1) is 15.8. The van der Waals surface area contributed by atoms with Gasteiger partial charge in [0.25, 0.3) is 0 Å². The van der Waals surface area contributed by atoms with E-state index in [0.29, 0.717) is 6.04 Å². The van der Waals surface area contributed by atoms with Crippen molar-refractivity contribution >= 4 is 12.2 Å². The zero-order valence-electron chi connectivity index (χ0n) is 19.3. The number of benzene rings is 1. The molecule has 1 aliphatic rings. The van der Waals surface area contributed by atoms with Crippen molar-refractivity contribution in [3.05, 3.63) is 71.7 Å². The Hall–Kier alpha value is -2.96. The Kier molecular flexibility index (Phi) is 9.47. The van der Waals surface area contributed by atoms with E-state index in [0.717, 1.165) is 72.9 Å². The first kappa shape index (κ1) is 23.7. The lowest BCUT2D eigenvalue weighted by Crippen LogP contribution is -2.14. The van der Waals surface area contributed by atoms with Crippen LogP contribution in [0.3, 0.4) is 0 Å². The molecule has 0 spiro atoms. The normalized spacial score (nSPS) is 16.0. The lowest BCUT2D eigenvalue weighted by molar-refractivity contribution is 0.612. The van der Waals surface area contributed by atoms with Gasteiger partial charge in [-0.2, -0.15) is 0 Å². The molecule has 6 heteroatoms. The van der Waals surface area contributed by atoms with Crippen LogP contribution < -0.4 is 11.1 Å². The third-order valence-corrected chi connectivity index (χ3v) is 5.40. The van der Waals surface area contributed by atoms with Crippen molar-refractivity contribution in [1.82, 2.24) is 25.3 Å². The predicted molar refractivity (Wildman–Crippen MR) is 134 cm³/mol. The fourth-order valence-electron chi connectivity index (χ4n) is 3.70. The van der Waals surface area contributed by atoms with Crippen LogP contribution in [0.5, 0.6) is 0 Å². The number of H-pyrrole nitrogens is 2. The Morgan fingerprint density at radius 2 is 1.81 bits per heavy atom. The number of aromatic nitrogens is 4. The Balaban J connectivity index is 0.00000141. The smallest absolute Gasteiger partial charge is 0.123 e. The summed E-state index contributed by atoms with van der Waals surface area (Å²) in [6.07, 6.45) is 17.4. The standard InChI is InChI=1S/C24H30N6.C2H6/c25-14-4-3-9-23-27-17-22(30-23)19-12-10-18(11-13-19)6-1-2-7-20-16-28-24(29-20)21-8-5-15-26-21;1-2/h1-2,6-7,10-13,16-17,21,26H,3-5,8-9,14-15,25H2,(H,27,30)(H,28,29);1-2H3/b6-1+,7-2+;. The molecule has 2 aromatic heterocycles. The minimum Gasteiger partial charge on any atom is -0.342 e. The largest absolute Gasteiger partial charge is 0.342 e. The molecule has 3 heterocycles. The third kappa shape index (κ3) is 6.77. The van der Waals surface area contributed by atoms with E-state index in [-0.39, 0.29) is 0 Å². The highest BCUT2D eigenvalue weighted by atomic mass is 15.0. The van der Waals surface area contributed by atoms with Crippen LogP contribution in [0.4, 0.5) is 0 Å². The van der Waals surface area contributed by atoms with Gasteiger partial charge in [-0.3, -0.25) is 0 Å². The molecule has 1 aliphatic heterocycles. The van der Waals surface area contributed by atoms with Crippen LogP contribution in [0.2, 0.25) is 0 Å². The molecule has 1 unspecified atom stereocenters. The fraction of sp³-hybridized carbons (Fsp3) is 0.385. The van der Waals surface area contributed by atoms with Crippen LogP contribution in [-0.4, -0.2) is 33.0 Å². The first-order valence-corrected chi connectivity index (χ1v) is 11.8. The molecule has 1 fully saturated rings. The van der Waals surface area contributed by atoms with E-state index in [4.69, 9.17) is 5.73 Å². The third-order valence-electron chi connectivity index (χ3n) is 5.40. The molecule has 0 saturated carbocycles. The second-order valence-corrected chi connectivity index (χ2v) is 7.70. The SMILES string of the molecule is CC.NCCCCc1ncc(-c2ccc(/C=C/C=C/c3cnc(C4CCCN4)[nH]3)cc2)[nH]1. The van der Waals surface area contributed by atoms with Gasteiger partial charge in [-0.15, -0.1) is 0 Å². The fourth-order valence-corrected chi connectivity index (χ4v) is 3.70. The molecule has 5 N–H and O–H groups in total. The summed E-state index contributed by atoms with van der Waals surface area (Å²) in [6, 6.07) is 8.86. The number of nitrogens with zero attached hydrogens (tertiary/aromatic N) is 2. The maximum Gasteiger partial charge on any atom is 0.123 e. The van der Waals surface area contributed by atoms with Crippen LogP contribution in [-0.2, 0) is 6.42 Å². The van der Waals surface area contributed by atoms with E-state index in [1.54, 1.807) is 0 Å². The highest BCUT2D eigenvalue weighted by Crippen LogP contribution is 2.21. The first-order valence-electron chi connectivity index (χ1n) is 11.8. The van der Waals surface area contributed by atoms with Crippen molar-refractivity contribution in [1.29, 1.82) is 0 Å². The van der Waals surface area contributed by atoms with Crippen LogP contribution in [0, 0.1) is 0 Å². The molecular formula is C26H36N6. The molecule has 0 bridgehead atoms. The molecule has 170 valence electrons. The van der Waals surface area contributed by atoms with Gasteiger partial charge < -0.3 is 21.0 Å².